The first kappa shape index (κ1) is 15.9. The molecule has 1 fully saturated rings. The summed E-state index contributed by atoms with van der Waals surface area (Å²) in [6.45, 7) is -0.415. The first-order valence-electron chi connectivity index (χ1n) is 6.05. The highest BCUT2D eigenvalue weighted by Crippen LogP contribution is 2.31. The van der Waals surface area contributed by atoms with Crippen LogP contribution in [0.1, 0.15) is 25.7 Å². The van der Waals surface area contributed by atoms with Crippen LogP contribution in [0.25, 0.3) is 0 Å². The van der Waals surface area contributed by atoms with Gasteiger partial charge in [0.1, 0.15) is 12.4 Å². The van der Waals surface area contributed by atoms with Gasteiger partial charge in [0.15, 0.2) is 0 Å². The zero-order valence-corrected chi connectivity index (χ0v) is 11.5. The molecule has 1 N–H and O–H groups in total. The van der Waals surface area contributed by atoms with E-state index in [0.29, 0.717) is 12.8 Å². The van der Waals surface area contributed by atoms with Crippen LogP contribution in [-0.2, 0) is 29.2 Å². The Morgan fingerprint density at radius 1 is 1.16 bits per heavy atom. The van der Waals surface area contributed by atoms with Crippen LogP contribution in [0.15, 0.2) is 0 Å². The number of ether oxygens (including phenoxy) is 2. The molecule has 0 saturated heterocycles. The van der Waals surface area contributed by atoms with Crippen molar-refractivity contribution in [3.63, 3.8) is 0 Å². The molecule has 1 aliphatic carbocycles. The van der Waals surface area contributed by atoms with Crippen molar-refractivity contribution in [1.82, 2.24) is 0 Å². The summed E-state index contributed by atoms with van der Waals surface area (Å²) in [4.78, 5) is 23.4. The topological polar surface area (TPSA) is 107 Å². The summed E-state index contributed by atoms with van der Waals surface area (Å²) in [5.41, 5.74) is 0. The van der Waals surface area contributed by atoms with Gasteiger partial charge in [0.2, 0.25) is 0 Å². The number of carbonyl (C=O) groups excluding carboxylic acids is 2. The van der Waals surface area contributed by atoms with Gasteiger partial charge in [-0.2, -0.15) is 8.42 Å². The Bertz CT molecular complexity index is 428. The molecular weight excluding hydrogens is 276 g/mol. The smallest absolute Gasteiger partial charge is 0.309 e. The Kier molecular flexibility index (Phi) is 5.74. The Hall–Kier alpha value is -1.15. The Labute approximate surface area is 112 Å². The standard InChI is InChI=1S/C11H18O7S/c1-17-10(12)8-4-2-3-5-9(8)11(13)18-6-7-19(14,15)16/h8-9H,2-7H2,1H3,(H,14,15,16). The van der Waals surface area contributed by atoms with E-state index >= 15 is 0 Å². The van der Waals surface area contributed by atoms with E-state index < -0.39 is 46.3 Å². The third-order valence-corrected chi connectivity index (χ3v) is 3.84. The summed E-state index contributed by atoms with van der Waals surface area (Å²) < 4.78 is 39.0. The third-order valence-electron chi connectivity index (χ3n) is 3.16. The average Bonchev–Trinajstić information content (AvgIpc) is 2.36. The fourth-order valence-corrected chi connectivity index (χ4v) is 2.50. The van der Waals surface area contributed by atoms with E-state index in [1.807, 2.05) is 0 Å². The zero-order valence-electron chi connectivity index (χ0n) is 10.7. The van der Waals surface area contributed by atoms with Gasteiger partial charge in [0, 0.05) is 0 Å². The summed E-state index contributed by atoms with van der Waals surface area (Å²) in [6, 6.07) is 0. The number of carbonyl (C=O) groups is 2. The van der Waals surface area contributed by atoms with Crippen molar-refractivity contribution in [1.29, 1.82) is 0 Å². The molecule has 0 spiro atoms. The molecule has 0 radical (unpaired) electrons. The molecule has 7 nitrogen and oxygen atoms in total. The lowest BCUT2D eigenvalue weighted by molar-refractivity contribution is -0.160. The van der Waals surface area contributed by atoms with Gasteiger partial charge in [-0.25, -0.2) is 0 Å². The minimum atomic E-state index is -4.15. The van der Waals surface area contributed by atoms with Crippen molar-refractivity contribution in [3.8, 4) is 0 Å². The molecule has 8 heteroatoms. The van der Waals surface area contributed by atoms with Crippen LogP contribution in [0.5, 0.6) is 0 Å². The van der Waals surface area contributed by atoms with E-state index in [1.165, 1.54) is 7.11 Å². The van der Waals surface area contributed by atoms with Gasteiger partial charge in [-0.15, -0.1) is 0 Å². The van der Waals surface area contributed by atoms with Crippen LogP contribution in [-0.4, -0.2) is 44.4 Å². The van der Waals surface area contributed by atoms with E-state index in [9.17, 15) is 18.0 Å². The number of hydrogen-bond acceptors (Lipinski definition) is 6. The van der Waals surface area contributed by atoms with E-state index in [1.54, 1.807) is 0 Å². The molecule has 0 aliphatic heterocycles. The van der Waals surface area contributed by atoms with Gasteiger partial charge in [0.05, 0.1) is 18.9 Å². The highest BCUT2D eigenvalue weighted by molar-refractivity contribution is 7.85. The van der Waals surface area contributed by atoms with Crippen molar-refractivity contribution >= 4 is 22.1 Å². The van der Waals surface area contributed by atoms with E-state index in [-0.39, 0.29) is 0 Å². The minimum absolute atomic E-state index is 0.415. The fraction of sp³-hybridized carbons (Fsp3) is 0.818. The maximum Gasteiger partial charge on any atom is 0.309 e. The van der Waals surface area contributed by atoms with Gasteiger partial charge in [-0.1, -0.05) is 12.8 Å². The Morgan fingerprint density at radius 2 is 1.68 bits per heavy atom. The van der Waals surface area contributed by atoms with Crippen molar-refractivity contribution in [2.45, 2.75) is 25.7 Å². The second-order valence-electron chi connectivity index (χ2n) is 4.47. The predicted molar refractivity (Wildman–Crippen MR) is 64.8 cm³/mol. The maximum atomic E-state index is 11.8. The Morgan fingerprint density at radius 3 is 2.16 bits per heavy atom. The molecule has 1 saturated carbocycles. The number of rotatable bonds is 5. The maximum absolute atomic E-state index is 11.8. The SMILES string of the molecule is COC(=O)C1CCCCC1C(=O)OCCS(=O)(=O)O. The zero-order chi connectivity index (χ0) is 14.5. The highest BCUT2D eigenvalue weighted by Gasteiger charge is 2.37. The highest BCUT2D eigenvalue weighted by atomic mass is 32.2. The summed E-state index contributed by atoms with van der Waals surface area (Å²) in [6.07, 6.45) is 2.73. The number of methoxy groups -OCH3 is 1. The van der Waals surface area contributed by atoms with Crippen LogP contribution in [0.4, 0.5) is 0 Å². The van der Waals surface area contributed by atoms with Crippen LogP contribution in [0.2, 0.25) is 0 Å². The molecular formula is C11H18O7S. The molecule has 2 unspecified atom stereocenters. The molecule has 0 amide bonds. The molecule has 0 aromatic carbocycles. The normalized spacial score (nSPS) is 23.7. The van der Waals surface area contributed by atoms with E-state index in [2.05, 4.69) is 4.74 Å². The molecule has 0 aromatic rings. The largest absolute Gasteiger partial charge is 0.469 e. The molecule has 2 atom stereocenters. The second-order valence-corrected chi connectivity index (χ2v) is 6.05. The first-order chi connectivity index (χ1) is 8.85. The summed E-state index contributed by atoms with van der Waals surface area (Å²) in [5.74, 6) is -2.83. The summed E-state index contributed by atoms with van der Waals surface area (Å²) in [5, 5.41) is 0. The third kappa shape index (κ3) is 5.15. The van der Waals surface area contributed by atoms with E-state index in [0.717, 1.165) is 12.8 Å². The van der Waals surface area contributed by atoms with Gasteiger partial charge in [-0.05, 0) is 12.8 Å². The van der Waals surface area contributed by atoms with Gasteiger partial charge in [0.25, 0.3) is 10.1 Å². The molecule has 1 rings (SSSR count). The lowest BCUT2D eigenvalue weighted by atomic mass is 9.79. The molecule has 0 heterocycles. The van der Waals surface area contributed by atoms with Gasteiger partial charge < -0.3 is 9.47 Å². The van der Waals surface area contributed by atoms with Crippen LogP contribution in [0, 0.1) is 11.8 Å². The van der Waals surface area contributed by atoms with Crippen molar-refractivity contribution in [2.75, 3.05) is 19.5 Å². The molecule has 110 valence electrons. The monoisotopic (exact) mass is 294 g/mol. The molecule has 19 heavy (non-hydrogen) atoms. The summed E-state index contributed by atoms with van der Waals surface area (Å²) in [7, 11) is -2.89. The summed E-state index contributed by atoms with van der Waals surface area (Å²) >= 11 is 0. The van der Waals surface area contributed by atoms with Crippen molar-refractivity contribution in [2.24, 2.45) is 11.8 Å². The lowest BCUT2D eigenvalue weighted by Crippen LogP contribution is -2.35. The van der Waals surface area contributed by atoms with Crippen molar-refractivity contribution in [3.05, 3.63) is 0 Å². The van der Waals surface area contributed by atoms with Crippen LogP contribution < -0.4 is 0 Å². The average molecular weight is 294 g/mol. The van der Waals surface area contributed by atoms with Crippen molar-refractivity contribution < 1.29 is 32.0 Å². The fourth-order valence-electron chi connectivity index (χ4n) is 2.20. The Balaban J connectivity index is 2.55. The number of hydrogen-bond donors (Lipinski definition) is 1. The van der Waals surface area contributed by atoms with Gasteiger partial charge in [-0.3, -0.25) is 14.1 Å². The molecule has 0 bridgehead atoms. The van der Waals surface area contributed by atoms with Crippen LogP contribution >= 0.6 is 0 Å². The molecule has 1 aliphatic rings. The second kappa shape index (κ2) is 6.85. The number of esters is 2. The van der Waals surface area contributed by atoms with Crippen LogP contribution in [0.3, 0.4) is 0 Å². The molecule has 0 aromatic heterocycles. The van der Waals surface area contributed by atoms with E-state index in [4.69, 9.17) is 9.29 Å². The quantitative estimate of drug-likeness (QED) is 0.577. The first-order valence-corrected chi connectivity index (χ1v) is 7.65. The van der Waals surface area contributed by atoms with Gasteiger partial charge >= 0.3 is 11.9 Å². The minimum Gasteiger partial charge on any atom is -0.469 e. The lowest BCUT2D eigenvalue weighted by Gasteiger charge is -2.27. The predicted octanol–water partition coefficient (Wildman–Crippen LogP) is 0.397.